The van der Waals surface area contributed by atoms with Crippen molar-refractivity contribution in [2.75, 3.05) is 6.54 Å². The molecule has 0 aliphatic carbocycles. The van der Waals surface area contributed by atoms with Crippen LogP contribution in [0.25, 0.3) is 0 Å². The normalized spacial score (nSPS) is 15.0. The summed E-state index contributed by atoms with van der Waals surface area (Å²) in [4.78, 5) is 0. The third-order valence-corrected chi connectivity index (χ3v) is 3.46. The Kier molecular flexibility index (Phi) is 5.77. The second-order valence-corrected chi connectivity index (χ2v) is 6.03. The lowest BCUT2D eigenvalue weighted by Gasteiger charge is -2.24. The molecule has 0 aliphatic rings. The van der Waals surface area contributed by atoms with Gasteiger partial charge in [-0.3, -0.25) is 0 Å². The first-order chi connectivity index (χ1) is 8.90. The lowest BCUT2D eigenvalue weighted by Crippen LogP contribution is -2.34. The van der Waals surface area contributed by atoms with Crippen molar-refractivity contribution in [3.8, 4) is 0 Å². The molecule has 2 nitrogen and oxygen atoms in total. The lowest BCUT2D eigenvalue weighted by atomic mass is 9.86. The van der Waals surface area contributed by atoms with Gasteiger partial charge in [-0.25, -0.2) is 0 Å². The fourth-order valence-corrected chi connectivity index (χ4v) is 2.13. The van der Waals surface area contributed by atoms with Gasteiger partial charge < -0.3 is 10.4 Å². The molecule has 2 unspecified atom stereocenters. The summed E-state index contributed by atoms with van der Waals surface area (Å²) in [7, 11) is 0. The molecule has 0 bridgehead atoms. The van der Waals surface area contributed by atoms with Crippen molar-refractivity contribution in [3.63, 3.8) is 0 Å². The van der Waals surface area contributed by atoms with Crippen LogP contribution in [0.2, 0.25) is 0 Å². The first kappa shape index (κ1) is 15.9. The van der Waals surface area contributed by atoms with Gasteiger partial charge in [0.1, 0.15) is 0 Å². The van der Waals surface area contributed by atoms with E-state index < -0.39 is 6.10 Å². The maximum atomic E-state index is 10.4. The Morgan fingerprint density at radius 3 is 2.26 bits per heavy atom. The first-order valence-electron chi connectivity index (χ1n) is 7.03. The number of benzene rings is 1. The molecule has 0 amide bonds. The van der Waals surface area contributed by atoms with Crippen molar-refractivity contribution in [1.29, 1.82) is 0 Å². The molecule has 19 heavy (non-hydrogen) atoms. The summed E-state index contributed by atoms with van der Waals surface area (Å²) >= 11 is 0. The van der Waals surface area contributed by atoms with E-state index in [1.54, 1.807) is 0 Å². The predicted molar refractivity (Wildman–Crippen MR) is 82.4 cm³/mol. The molecule has 106 valence electrons. The van der Waals surface area contributed by atoms with Crippen LogP contribution in [0.15, 0.2) is 36.9 Å². The van der Waals surface area contributed by atoms with Crippen molar-refractivity contribution < 1.29 is 5.11 Å². The monoisotopic (exact) mass is 261 g/mol. The van der Waals surface area contributed by atoms with Crippen LogP contribution in [0, 0.1) is 0 Å². The highest BCUT2D eigenvalue weighted by Gasteiger charge is 2.19. The molecule has 0 radical (unpaired) electrons. The van der Waals surface area contributed by atoms with E-state index in [0.717, 1.165) is 18.5 Å². The second kappa shape index (κ2) is 6.88. The molecular formula is C17H27NO. The quantitative estimate of drug-likeness (QED) is 0.767. The molecule has 0 aliphatic heterocycles. The Balaban J connectivity index is 2.81. The summed E-state index contributed by atoms with van der Waals surface area (Å²) in [5.74, 6) is 0. The van der Waals surface area contributed by atoms with Gasteiger partial charge in [-0.15, -0.1) is 6.58 Å². The summed E-state index contributed by atoms with van der Waals surface area (Å²) in [5, 5.41) is 13.7. The molecule has 0 saturated heterocycles. The van der Waals surface area contributed by atoms with Crippen LogP contribution >= 0.6 is 0 Å². The van der Waals surface area contributed by atoms with Crippen LogP contribution in [0.4, 0.5) is 0 Å². The van der Waals surface area contributed by atoms with Gasteiger partial charge in [-0.2, -0.15) is 0 Å². The fraction of sp³-hybridized carbons (Fsp3) is 0.529. The number of hydrogen-bond donors (Lipinski definition) is 2. The number of aliphatic hydroxyl groups is 1. The van der Waals surface area contributed by atoms with E-state index in [0.29, 0.717) is 0 Å². The Labute approximate surface area is 117 Å². The topological polar surface area (TPSA) is 32.3 Å². The molecule has 0 spiro atoms. The minimum atomic E-state index is -0.473. The predicted octanol–water partition coefficient (Wildman–Crippen LogP) is 3.57. The molecule has 1 aromatic carbocycles. The van der Waals surface area contributed by atoms with Crippen LogP contribution in [-0.4, -0.2) is 17.7 Å². The van der Waals surface area contributed by atoms with E-state index in [4.69, 9.17) is 0 Å². The van der Waals surface area contributed by atoms with Gasteiger partial charge in [0.25, 0.3) is 0 Å². The minimum Gasteiger partial charge on any atom is -0.387 e. The van der Waals surface area contributed by atoms with Gasteiger partial charge in [-0.1, -0.05) is 58.0 Å². The number of aliphatic hydroxyl groups excluding tert-OH is 1. The average molecular weight is 261 g/mol. The zero-order valence-electron chi connectivity index (χ0n) is 12.6. The Hall–Kier alpha value is -1.12. The van der Waals surface area contributed by atoms with E-state index in [1.807, 2.05) is 18.2 Å². The highest BCUT2D eigenvalue weighted by atomic mass is 16.3. The summed E-state index contributed by atoms with van der Waals surface area (Å²) in [6, 6.07) is 8.35. The Morgan fingerprint density at radius 2 is 1.84 bits per heavy atom. The van der Waals surface area contributed by atoms with Crippen LogP contribution in [-0.2, 0) is 5.41 Å². The second-order valence-electron chi connectivity index (χ2n) is 6.03. The van der Waals surface area contributed by atoms with Gasteiger partial charge >= 0.3 is 0 Å². The number of rotatable bonds is 6. The van der Waals surface area contributed by atoms with Gasteiger partial charge in [0.05, 0.1) is 6.10 Å². The molecule has 1 aromatic rings. The average Bonchev–Trinajstić information content (AvgIpc) is 2.38. The van der Waals surface area contributed by atoms with Gasteiger partial charge in [0.15, 0.2) is 0 Å². The van der Waals surface area contributed by atoms with Gasteiger partial charge in [0, 0.05) is 12.6 Å². The van der Waals surface area contributed by atoms with Crippen LogP contribution in [0.3, 0.4) is 0 Å². The maximum Gasteiger partial charge on any atom is 0.0942 e. The minimum absolute atomic E-state index is 0.0680. The van der Waals surface area contributed by atoms with E-state index in [2.05, 4.69) is 51.7 Å². The van der Waals surface area contributed by atoms with Crippen LogP contribution < -0.4 is 5.32 Å². The number of hydrogen-bond acceptors (Lipinski definition) is 2. The smallest absolute Gasteiger partial charge is 0.0942 e. The molecular weight excluding hydrogens is 234 g/mol. The summed E-state index contributed by atoms with van der Waals surface area (Å²) in [6.45, 7) is 13.1. The number of nitrogens with one attached hydrogen (secondary N) is 1. The summed E-state index contributed by atoms with van der Waals surface area (Å²) < 4.78 is 0. The molecule has 2 N–H and O–H groups in total. The Bertz CT molecular complexity index is 389. The SMILES string of the molecule is C=CCNC(CC)C(O)c1ccc(C(C)(C)C)cc1. The third kappa shape index (κ3) is 4.48. The fourth-order valence-electron chi connectivity index (χ4n) is 2.13. The van der Waals surface area contributed by atoms with E-state index in [-0.39, 0.29) is 11.5 Å². The largest absolute Gasteiger partial charge is 0.387 e. The van der Waals surface area contributed by atoms with E-state index >= 15 is 0 Å². The highest BCUT2D eigenvalue weighted by molar-refractivity contribution is 5.29. The van der Waals surface area contributed by atoms with Crippen LogP contribution in [0.5, 0.6) is 0 Å². The lowest BCUT2D eigenvalue weighted by molar-refractivity contribution is 0.128. The van der Waals surface area contributed by atoms with Crippen molar-refractivity contribution in [3.05, 3.63) is 48.0 Å². The highest BCUT2D eigenvalue weighted by Crippen LogP contribution is 2.25. The summed E-state index contributed by atoms with van der Waals surface area (Å²) in [6.07, 6.45) is 2.23. The van der Waals surface area contributed by atoms with Crippen molar-refractivity contribution >= 4 is 0 Å². The van der Waals surface area contributed by atoms with Crippen molar-refractivity contribution in [1.82, 2.24) is 5.32 Å². The van der Waals surface area contributed by atoms with Gasteiger partial charge in [0.2, 0.25) is 0 Å². The molecule has 0 saturated carbocycles. The van der Waals surface area contributed by atoms with E-state index in [1.165, 1.54) is 5.56 Å². The summed E-state index contributed by atoms with van der Waals surface area (Å²) in [5.41, 5.74) is 2.40. The van der Waals surface area contributed by atoms with Crippen LogP contribution in [0.1, 0.15) is 51.3 Å². The first-order valence-corrected chi connectivity index (χ1v) is 7.03. The van der Waals surface area contributed by atoms with E-state index in [9.17, 15) is 5.11 Å². The Morgan fingerprint density at radius 1 is 1.26 bits per heavy atom. The zero-order valence-corrected chi connectivity index (χ0v) is 12.6. The molecule has 2 heteroatoms. The third-order valence-electron chi connectivity index (χ3n) is 3.46. The molecule has 0 fully saturated rings. The molecule has 0 heterocycles. The standard InChI is InChI=1S/C17H27NO/c1-6-12-18-15(7-2)16(19)13-8-10-14(11-9-13)17(3,4)5/h6,8-11,15-16,18-19H,1,7,12H2,2-5H3. The molecule has 2 atom stereocenters. The molecule has 0 aromatic heterocycles. The van der Waals surface area contributed by atoms with Gasteiger partial charge in [-0.05, 0) is 23.0 Å². The molecule has 1 rings (SSSR count). The maximum absolute atomic E-state index is 10.4. The van der Waals surface area contributed by atoms with Crippen molar-refractivity contribution in [2.45, 2.75) is 51.7 Å². The van der Waals surface area contributed by atoms with Crippen molar-refractivity contribution in [2.24, 2.45) is 0 Å². The zero-order chi connectivity index (χ0) is 14.5.